The zero-order chi connectivity index (χ0) is 18.4. The third kappa shape index (κ3) is 2.59. The summed E-state index contributed by atoms with van der Waals surface area (Å²) in [7, 11) is 0. The Kier molecular flexibility index (Phi) is 3.53. The number of fused-ring (bicyclic) bond motifs is 2. The first-order chi connectivity index (χ1) is 13.2. The molecule has 1 atom stereocenters. The van der Waals surface area contributed by atoms with Gasteiger partial charge in [-0.2, -0.15) is 0 Å². The topological polar surface area (TPSA) is 84.2 Å². The summed E-state index contributed by atoms with van der Waals surface area (Å²) < 4.78 is 0. The zero-order valence-corrected chi connectivity index (χ0v) is 14.7. The Hall–Kier alpha value is -3.48. The molecule has 0 fully saturated rings. The van der Waals surface area contributed by atoms with Crippen molar-refractivity contribution in [3.05, 3.63) is 65.7 Å². The molecule has 7 heteroatoms. The third-order valence-electron chi connectivity index (χ3n) is 5.02. The maximum Gasteiger partial charge on any atom is 0.269 e. The lowest BCUT2D eigenvalue weighted by atomic mass is 10.1. The highest BCUT2D eigenvalue weighted by atomic mass is 16.2. The van der Waals surface area contributed by atoms with Gasteiger partial charge in [-0.05, 0) is 24.6 Å². The van der Waals surface area contributed by atoms with Gasteiger partial charge < -0.3 is 4.90 Å². The number of rotatable bonds is 2. The number of carbonyl (C=O) groups excluding carboxylic acids is 1. The fourth-order valence-corrected chi connectivity index (χ4v) is 3.56. The number of para-hydroxylation sites is 1. The van der Waals surface area contributed by atoms with Crippen molar-refractivity contribution in [3.63, 3.8) is 0 Å². The molecule has 2 aliphatic heterocycles. The van der Waals surface area contributed by atoms with Crippen LogP contribution in [-0.4, -0.2) is 36.5 Å². The van der Waals surface area contributed by atoms with Crippen molar-refractivity contribution in [1.29, 1.82) is 0 Å². The number of nitrogens with zero attached hydrogens (tertiary/aromatic N) is 6. The monoisotopic (exact) mass is 356 g/mol. The normalized spacial score (nSPS) is 17.4. The van der Waals surface area contributed by atoms with E-state index in [4.69, 9.17) is 0 Å². The summed E-state index contributed by atoms with van der Waals surface area (Å²) in [6.07, 6.45) is 5.67. The minimum absolute atomic E-state index is 0.0470. The Morgan fingerprint density at radius 1 is 1.07 bits per heavy atom. The summed E-state index contributed by atoms with van der Waals surface area (Å²) >= 11 is 0. The Labute approximate surface area is 155 Å². The molecule has 0 bridgehead atoms. The van der Waals surface area contributed by atoms with Gasteiger partial charge in [-0.3, -0.25) is 4.79 Å². The second kappa shape index (κ2) is 6.05. The van der Waals surface area contributed by atoms with E-state index in [0.717, 1.165) is 22.5 Å². The molecular weight excluding hydrogens is 340 g/mol. The molecule has 2 aromatic heterocycles. The van der Waals surface area contributed by atoms with Crippen LogP contribution in [0.5, 0.6) is 0 Å². The Morgan fingerprint density at radius 2 is 1.89 bits per heavy atom. The first kappa shape index (κ1) is 15.7. The van der Waals surface area contributed by atoms with E-state index in [1.54, 1.807) is 29.6 Å². The molecule has 0 aliphatic carbocycles. The second-order valence-electron chi connectivity index (χ2n) is 6.64. The van der Waals surface area contributed by atoms with Gasteiger partial charge in [0.15, 0.2) is 11.6 Å². The summed E-state index contributed by atoms with van der Waals surface area (Å²) in [6.45, 7) is 2.43. The van der Waals surface area contributed by atoms with Gasteiger partial charge in [0.05, 0.1) is 24.0 Å². The van der Waals surface area contributed by atoms with Gasteiger partial charge in [0.25, 0.3) is 5.91 Å². The van der Waals surface area contributed by atoms with Gasteiger partial charge in [-0.1, -0.05) is 18.2 Å². The minimum atomic E-state index is -0.0929. The van der Waals surface area contributed by atoms with E-state index < -0.39 is 0 Å². The molecule has 7 nitrogen and oxygen atoms in total. The summed E-state index contributed by atoms with van der Waals surface area (Å²) in [5, 5.41) is 0. The second-order valence-corrected chi connectivity index (χ2v) is 6.64. The van der Waals surface area contributed by atoms with Crippen LogP contribution in [0.25, 0.3) is 11.6 Å². The smallest absolute Gasteiger partial charge is 0.269 e. The number of carbonyl (C=O) groups is 1. The Balaban J connectivity index is 1.42. The van der Waals surface area contributed by atoms with Crippen molar-refractivity contribution in [2.75, 3.05) is 0 Å². The molecule has 1 unspecified atom stereocenters. The van der Waals surface area contributed by atoms with Crippen molar-refractivity contribution in [3.8, 4) is 11.6 Å². The van der Waals surface area contributed by atoms with Crippen LogP contribution in [0, 0.1) is 0 Å². The average molecular weight is 356 g/mol. The third-order valence-corrected chi connectivity index (χ3v) is 5.02. The first-order valence-electron chi connectivity index (χ1n) is 8.80. The van der Waals surface area contributed by atoms with Crippen LogP contribution in [0.15, 0.2) is 53.9 Å². The highest BCUT2D eigenvalue weighted by molar-refractivity contribution is 6.40. The lowest BCUT2D eigenvalue weighted by Crippen LogP contribution is -2.34. The number of aromatic nitrogens is 4. The Morgan fingerprint density at radius 3 is 2.70 bits per heavy atom. The zero-order valence-electron chi connectivity index (χ0n) is 14.7. The van der Waals surface area contributed by atoms with E-state index in [9.17, 15) is 4.79 Å². The summed E-state index contributed by atoms with van der Waals surface area (Å²) in [5.74, 6) is 0.906. The molecule has 0 saturated carbocycles. The van der Waals surface area contributed by atoms with E-state index in [2.05, 4.69) is 24.9 Å². The van der Waals surface area contributed by atoms with Crippen LogP contribution in [0.3, 0.4) is 0 Å². The lowest BCUT2D eigenvalue weighted by molar-refractivity contribution is -0.126. The van der Waals surface area contributed by atoms with Gasteiger partial charge in [0.2, 0.25) is 0 Å². The van der Waals surface area contributed by atoms with E-state index >= 15 is 0 Å². The summed E-state index contributed by atoms with van der Waals surface area (Å²) in [4.78, 5) is 36.8. The number of hydrogen-bond donors (Lipinski definition) is 0. The van der Waals surface area contributed by atoms with E-state index in [-0.39, 0.29) is 11.9 Å². The molecule has 0 radical (unpaired) electrons. The molecular formula is C20H16N6O. The highest BCUT2D eigenvalue weighted by Crippen LogP contribution is 2.34. The number of benzene rings is 1. The number of amides is 1. The maximum absolute atomic E-state index is 13.1. The number of hydrogen-bond acceptors (Lipinski definition) is 6. The molecule has 27 heavy (non-hydrogen) atoms. The lowest BCUT2D eigenvalue weighted by Gasteiger charge is -2.21. The predicted octanol–water partition coefficient (Wildman–Crippen LogP) is 2.67. The largest absolute Gasteiger partial charge is 0.325 e. The molecule has 2 aliphatic rings. The first-order valence-corrected chi connectivity index (χ1v) is 8.80. The molecule has 132 valence electrons. The molecule has 4 heterocycles. The predicted molar refractivity (Wildman–Crippen MR) is 99.3 cm³/mol. The van der Waals surface area contributed by atoms with Crippen molar-refractivity contribution >= 4 is 17.3 Å². The SMILES string of the molecule is CC1c2cnc(-c3ncccn3)nc2CN1C(=O)C1=Nc2ccccc2C1. The van der Waals surface area contributed by atoms with Crippen molar-refractivity contribution in [2.45, 2.75) is 25.9 Å². The van der Waals surface area contributed by atoms with E-state index in [1.165, 1.54) is 0 Å². The summed E-state index contributed by atoms with van der Waals surface area (Å²) in [6, 6.07) is 9.52. The van der Waals surface area contributed by atoms with Crippen LogP contribution in [0.1, 0.15) is 29.8 Å². The van der Waals surface area contributed by atoms with Gasteiger partial charge in [0.1, 0.15) is 5.71 Å². The Bertz CT molecular complexity index is 1080. The van der Waals surface area contributed by atoms with Gasteiger partial charge in [-0.15, -0.1) is 0 Å². The van der Waals surface area contributed by atoms with E-state index in [1.807, 2.05) is 31.2 Å². The van der Waals surface area contributed by atoms with Gasteiger partial charge in [0, 0.05) is 30.6 Å². The van der Waals surface area contributed by atoms with E-state index in [0.29, 0.717) is 30.3 Å². The van der Waals surface area contributed by atoms with Crippen LogP contribution >= 0.6 is 0 Å². The van der Waals surface area contributed by atoms with Crippen LogP contribution in [0.2, 0.25) is 0 Å². The van der Waals surface area contributed by atoms with Crippen molar-refractivity contribution in [1.82, 2.24) is 24.8 Å². The molecule has 5 rings (SSSR count). The highest BCUT2D eigenvalue weighted by Gasteiger charge is 2.35. The van der Waals surface area contributed by atoms with Crippen LogP contribution < -0.4 is 0 Å². The van der Waals surface area contributed by atoms with Gasteiger partial charge in [-0.25, -0.2) is 24.9 Å². The molecule has 3 aromatic rings. The fourth-order valence-electron chi connectivity index (χ4n) is 3.56. The molecule has 1 aromatic carbocycles. The maximum atomic E-state index is 13.1. The van der Waals surface area contributed by atoms with Crippen molar-refractivity contribution in [2.24, 2.45) is 4.99 Å². The quantitative estimate of drug-likeness (QED) is 0.705. The molecule has 1 amide bonds. The standard InChI is InChI=1S/C20H16N6O/c1-12-14-10-23-19(18-21-7-4-8-22-18)25-17(14)11-26(12)20(27)16-9-13-5-2-3-6-15(13)24-16/h2-8,10,12H,9,11H2,1H3. The van der Waals surface area contributed by atoms with Crippen LogP contribution in [-0.2, 0) is 17.8 Å². The van der Waals surface area contributed by atoms with Gasteiger partial charge >= 0.3 is 0 Å². The average Bonchev–Trinajstić information content (AvgIpc) is 3.29. The summed E-state index contributed by atoms with van der Waals surface area (Å²) in [5.41, 5.74) is 4.35. The van der Waals surface area contributed by atoms with Crippen molar-refractivity contribution < 1.29 is 4.79 Å². The molecule has 0 N–H and O–H groups in total. The van der Waals surface area contributed by atoms with Crippen LogP contribution in [0.4, 0.5) is 5.69 Å². The molecule has 0 spiro atoms. The molecule has 0 saturated heterocycles. The minimum Gasteiger partial charge on any atom is -0.325 e. The fraction of sp³-hybridized carbons (Fsp3) is 0.200. The number of aliphatic imine (C=N–C) groups is 1.